The van der Waals surface area contributed by atoms with Gasteiger partial charge in [0.25, 0.3) is 0 Å². The number of carboxylic acid groups (broad SMARTS) is 1. The lowest BCUT2D eigenvalue weighted by molar-refractivity contribution is -0.143. The van der Waals surface area contributed by atoms with Crippen molar-refractivity contribution in [3.63, 3.8) is 0 Å². The quantitative estimate of drug-likeness (QED) is 0.638. The van der Waals surface area contributed by atoms with Crippen molar-refractivity contribution in [1.29, 1.82) is 0 Å². The Morgan fingerprint density at radius 3 is 2.67 bits per heavy atom. The molecule has 122 valence electrons. The predicted molar refractivity (Wildman–Crippen MR) is 75.2 cm³/mol. The number of ether oxygens (including phenoxy) is 1. The molecule has 1 saturated heterocycles. The number of carboxylic acids is 1. The first-order valence-electron chi connectivity index (χ1n) is 6.73. The van der Waals surface area contributed by atoms with Crippen molar-refractivity contribution in [3.05, 3.63) is 0 Å². The average molecular weight is 322 g/mol. The van der Waals surface area contributed by atoms with Crippen LogP contribution in [0.25, 0.3) is 0 Å². The number of piperidine rings is 1. The van der Waals surface area contributed by atoms with Crippen LogP contribution in [-0.4, -0.2) is 68.8 Å². The van der Waals surface area contributed by atoms with Gasteiger partial charge in [0.2, 0.25) is 15.9 Å². The van der Waals surface area contributed by atoms with E-state index in [1.165, 1.54) is 11.4 Å². The van der Waals surface area contributed by atoms with Crippen molar-refractivity contribution in [2.24, 2.45) is 5.92 Å². The summed E-state index contributed by atoms with van der Waals surface area (Å²) in [4.78, 5) is 23.2. The first-order valence-corrected chi connectivity index (χ1v) is 8.57. The molecule has 1 aliphatic rings. The molecule has 0 saturated carbocycles. The van der Waals surface area contributed by atoms with Gasteiger partial charge in [0.05, 0.1) is 12.2 Å². The van der Waals surface area contributed by atoms with Crippen molar-refractivity contribution in [3.8, 4) is 0 Å². The number of nitrogens with zero attached hydrogens (tertiary/aromatic N) is 1. The standard InChI is InChI=1S/C12H22N2O6S/c1-20-7-5-10(12(16)17)13-11(15)9-4-3-6-14(8-9)21(2,18)19/h9-10H,3-8H2,1-2H3,(H,13,15)(H,16,17). The van der Waals surface area contributed by atoms with E-state index in [0.29, 0.717) is 19.4 Å². The number of rotatable bonds is 7. The van der Waals surface area contributed by atoms with Gasteiger partial charge in [-0.2, -0.15) is 0 Å². The molecule has 2 N–H and O–H groups in total. The topological polar surface area (TPSA) is 113 Å². The van der Waals surface area contributed by atoms with Crippen LogP contribution in [0.5, 0.6) is 0 Å². The highest BCUT2D eigenvalue weighted by Crippen LogP contribution is 2.19. The second-order valence-corrected chi connectivity index (χ2v) is 7.12. The van der Waals surface area contributed by atoms with Crippen LogP contribution in [0, 0.1) is 5.92 Å². The van der Waals surface area contributed by atoms with E-state index in [0.717, 1.165) is 6.26 Å². The lowest BCUT2D eigenvalue weighted by Gasteiger charge is -2.30. The van der Waals surface area contributed by atoms with E-state index in [1.54, 1.807) is 0 Å². The maximum absolute atomic E-state index is 12.1. The fraction of sp³-hybridized carbons (Fsp3) is 0.833. The molecule has 1 heterocycles. The van der Waals surface area contributed by atoms with E-state index in [9.17, 15) is 18.0 Å². The molecule has 0 bridgehead atoms. The maximum Gasteiger partial charge on any atom is 0.326 e. The first kappa shape index (κ1) is 17.9. The summed E-state index contributed by atoms with van der Waals surface area (Å²) in [6.07, 6.45) is 2.40. The molecule has 1 fully saturated rings. The Labute approximate surface area is 124 Å². The Bertz CT molecular complexity index is 478. The molecular formula is C12H22N2O6S. The lowest BCUT2D eigenvalue weighted by Crippen LogP contribution is -2.49. The summed E-state index contributed by atoms with van der Waals surface area (Å²) in [5.41, 5.74) is 0. The summed E-state index contributed by atoms with van der Waals surface area (Å²) >= 11 is 0. The number of aliphatic carboxylic acids is 1. The average Bonchev–Trinajstić information content (AvgIpc) is 2.42. The van der Waals surface area contributed by atoms with Crippen LogP contribution >= 0.6 is 0 Å². The van der Waals surface area contributed by atoms with E-state index >= 15 is 0 Å². The molecule has 8 nitrogen and oxygen atoms in total. The van der Waals surface area contributed by atoms with E-state index in [-0.39, 0.29) is 19.6 Å². The van der Waals surface area contributed by atoms with Gasteiger partial charge in [-0.05, 0) is 12.8 Å². The molecule has 0 aliphatic carbocycles. The summed E-state index contributed by atoms with van der Waals surface area (Å²) in [6.45, 7) is 0.716. The summed E-state index contributed by atoms with van der Waals surface area (Å²) in [5, 5.41) is 11.5. The van der Waals surface area contributed by atoms with Crippen LogP contribution in [0.4, 0.5) is 0 Å². The number of nitrogens with one attached hydrogen (secondary N) is 1. The summed E-state index contributed by atoms with van der Waals surface area (Å²) < 4.78 is 29.1. The van der Waals surface area contributed by atoms with Gasteiger partial charge in [-0.1, -0.05) is 0 Å². The second kappa shape index (κ2) is 7.71. The number of carbonyl (C=O) groups excluding carboxylic acids is 1. The van der Waals surface area contributed by atoms with E-state index in [4.69, 9.17) is 9.84 Å². The fourth-order valence-corrected chi connectivity index (χ4v) is 3.15. The minimum atomic E-state index is -3.33. The largest absolute Gasteiger partial charge is 0.480 e. The van der Waals surface area contributed by atoms with Gasteiger partial charge in [-0.25, -0.2) is 17.5 Å². The van der Waals surface area contributed by atoms with Crippen molar-refractivity contribution in [2.75, 3.05) is 33.1 Å². The number of hydrogen-bond donors (Lipinski definition) is 2. The van der Waals surface area contributed by atoms with Crippen molar-refractivity contribution >= 4 is 21.9 Å². The van der Waals surface area contributed by atoms with E-state index in [2.05, 4.69) is 5.32 Å². The Morgan fingerprint density at radius 1 is 1.48 bits per heavy atom. The van der Waals surface area contributed by atoms with Crippen LogP contribution in [-0.2, 0) is 24.3 Å². The van der Waals surface area contributed by atoms with Crippen LogP contribution in [0.1, 0.15) is 19.3 Å². The van der Waals surface area contributed by atoms with E-state index in [1.807, 2.05) is 0 Å². The minimum Gasteiger partial charge on any atom is -0.480 e. The fourth-order valence-electron chi connectivity index (χ4n) is 2.24. The monoisotopic (exact) mass is 322 g/mol. The number of sulfonamides is 1. The van der Waals surface area contributed by atoms with Gasteiger partial charge in [0.15, 0.2) is 0 Å². The molecule has 21 heavy (non-hydrogen) atoms. The number of hydrogen-bond acceptors (Lipinski definition) is 5. The highest BCUT2D eigenvalue weighted by Gasteiger charge is 2.32. The third kappa shape index (κ3) is 5.60. The van der Waals surface area contributed by atoms with E-state index < -0.39 is 33.9 Å². The Hall–Kier alpha value is -1.19. The van der Waals surface area contributed by atoms with Crippen molar-refractivity contribution in [2.45, 2.75) is 25.3 Å². The molecular weight excluding hydrogens is 300 g/mol. The zero-order chi connectivity index (χ0) is 16.0. The first-order chi connectivity index (χ1) is 9.75. The molecule has 1 amide bonds. The normalized spacial score (nSPS) is 21.7. The molecule has 0 aromatic carbocycles. The number of amides is 1. The van der Waals surface area contributed by atoms with Crippen LogP contribution in [0.2, 0.25) is 0 Å². The van der Waals surface area contributed by atoms with Gasteiger partial charge in [-0.3, -0.25) is 4.79 Å². The van der Waals surface area contributed by atoms with Gasteiger partial charge in [0, 0.05) is 33.2 Å². The van der Waals surface area contributed by atoms with Crippen molar-refractivity contribution < 1.29 is 27.9 Å². The molecule has 0 aromatic heterocycles. The molecule has 9 heteroatoms. The minimum absolute atomic E-state index is 0.0985. The molecule has 0 spiro atoms. The Balaban J connectivity index is 2.63. The SMILES string of the molecule is COCCC(NC(=O)C1CCCN(S(C)(=O)=O)C1)C(=O)O. The van der Waals surface area contributed by atoms with Gasteiger partial charge in [-0.15, -0.1) is 0 Å². The molecule has 1 rings (SSSR count). The van der Waals surface area contributed by atoms with Crippen LogP contribution < -0.4 is 5.32 Å². The summed E-state index contributed by atoms with van der Waals surface area (Å²) in [5.74, 6) is -2.07. The smallest absolute Gasteiger partial charge is 0.326 e. The number of methoxy groups -OCH3 is 1. The molecule has 0 aromatic rings. The highest BCUT2D eigenvalue weighted by molar-refractivity contribution is 7.88. The Kier molecular flexibility index (Phi) is 6.56. The maximum atomic E-state index is 12.1. The van der Waals surface area contributed by atoms with Gasteiger partial charge >= 0.3 is 5.97 Å². The van der Waals surface area contributed by atoms with Crippen LogP contribution in [0.15, 0.2) is 0 Å². The second-order valence-electron chi connectivity index (χ2n) is 5.14. The predicted octanol–water partition coefficient (Wildman–Crippen LogP) is -0.736. The summed E-state index contributed by atoms with van der Waals surface area (Å²) in [6, 6.07) is -1.02. The zero-order valence-electron chi connectivity index (χ0n) is 12.2. The zero-order valence-corrected chi connectivity index (χ0v) is 13.1. The van der Waals surface area contributed by atoms with Crippen molar-refractivity contribution in [1.82, 2.24) is 9.62 Å². The van der Waals surface area contributed by atoms with Gasteiger partial charge in [0.1, 0.15) is 6.04 Å². The Morgan fingerprint density at radius 2 is 2.14 bits per heavy atom. The van der Waals surface area contributed by atoms with Gasteiger partial charge < -0.3 is 15.2 Å². The molecule has 2 atom stereocenters. The molecule has 1 aliphatic heterocycles. The summed E-state index contributed by atoms with van der Waals surface area (Å²) in [7, 11) is -1.88. The number of carbonyl (C=O) groups is 2. The third-order valence-corrected chi connectivity index (χ3v) is 4.72. The third-order valence-electron chi connectivity index (χ3n) is 3.45. The highest BCUT2D eigenvalue weighted by atomic mass is 32.2. The molecule has 0 radical (unpaired) electrons. The molecule has 2 unspecified atom stereocenters. The van der Waals surface area contributed by atoms with Crippen LogP contribution in [0.3, 0.4) is 0 Å². The lowest BCUT2D eigenvalue weighted by atomic mass is 9.98.